The zero-order chi connectivity index (χ0) is 14.4. The summed E-state index contributed by atoms with van der Waals surface area (Å²) in [5.74, 6) is 8.65. The average molecular weight is 295 g/mol. The van der Waals surface area contributed by atoms with Crippen LogP contribution < -0.4 is 16.6 Å². The average Bonchev–Trinajstić information content (AvgIpc) is 2.53. The number of nitrogens with zero attached hydrogens (tertiary/aromatic N) is 2. The van der Waals surface area contributed by atoms with Gasteiger partial charge < -0.3 is 10.7 Å². The zero-order valence-electron chi connectivity index (χ0n) is 12.4. The van der Waals surface area contributed by atoms with Crippen LogP contribution >= 0.6 is 11.8 Å². The van der Waals surface area contributed by atoms with Crippen molar-refractivity contribution in [1.82, 2.24) is 9.97 Å². The zero-order valence-corrected chi connectivity index (χ0v) is 13.2. The maximum Gasteiger partial charge on any atom is 0.191 e. The lowest BCUT2D eigenvalue weighted by Crippen LogP contribution is -2.21. The maximum absolute atomic E-state index is 5.43. The first kappa shape index (κ1) is 15.4. The molecule has 20 heavy (non-hydrogen) atoms. The highest BCUT2D eigenvalue weighted by molar-refractivity contribution is 7.98. The van der Waals surface area contributed by atoms with Crippen molar-refractivity contribution in [2.45, 2.75) is 44.2 Å². The van der Waals surface area contributed by atoms with Gasteiger partial charge in [0, 0.05) is 12.6 Å². The molecule has 112 valence electrons. The number of rotatable bonds is 6. The number of nitrogens with one attached hydrogen (secondary N) is 2. The van der Waals surface area contributed by atoms with Crippen molar-refractivity contribution >= 4 is 23.4 Å². The molecule has 1 aliphatic rings. The van der Waals surface area contributed by atoms with Crippen molar-refractivity contribution in [3.05, 3.63) is 6.07 Å². The van der Waals surface area contributed by atoms with E-state index in [2.05, 4.69) is 27.6 Å². The molecule has 5 nitrogen and oxygen atoms in total. The molecule has 0 saturated heterocycles. The Labute approximate surface area is 125 Å². The third kappa shape index (κ3) is 4.24. The molecule has 0 spiro atoms. The van der Waals surface area contributed by atoms with Crippen LogP contribution in [0.25, 0.3) is 0 Å². The number of aromatic nitrogens is 2. The van der Waals surface area contributed by atoms with E-state index >= 15 is 0 Å². The fraction of sp³-hybridized carbons (Fsp3) is 0.714. The van der Waals surface area contributed by atoms with Crippen molar-refractivity contribution in [2.24, 2.45) is 17.7 Å². The molecule has 0 aliphatic heterocycles. The van der Waals surface area contributed by atoms with E-state index in [4.69, 9.17) is 5.84 Å². The highest BCUT2D eigenvalue weighted by Crippen LogP contribution is 2.30. The molecular weight excluding hydrogens is 270 g/mol. The molecule has 0 amide bonds. The van der Waals surface area contributed by atoms with Crippen LogP contribution in [0.3, 0.4) is 0 Å². The van der Waals surface area contributed by atoms with E-state index in [-0.39, 0.29) is 0 Å². The first-order chi connectivity index (χ1) is 9.75. The second-order valence-corrected chi connectivity index (χ2v) is 6.22. The summed E-state index contributed by atoms with van der Waals surface area (Å²) in [4.78, 5) is 8.72. The quantitative estimate of drug-likeness (QED) is 0.324. The second-order valence-electron chi connectivity index (χ2n) is 5.45. The molecular formula is C14H25N5S. The lowest BCUT2D eigenvalue weighted by atomic mass is 9.81. The molecule has 4 N–H and O–H groups in total. The molecule has 0 atom stereocenters. The number of hydrogen-bond donors (Lipinski definition) is 3. The summed E-state index contributed by atoms with van der Waals surface area (Å²) in [6.07, 6.45) is 8.69. The summed E-state index contributed by atoms with van der Waals surface area (Å²) in [7, 11) is 0. The highest BCUT2D eigenvalue weighted by Gasteiger charge is 2.19. The Morgan fingerprint density at radius 2 is 1.85 bits per heavy atom. The Balaban J connectivity index is 1.87. The fourth-order valence-electron chi connectivity index (χ4n) is 2.77. The standard InChI is InChI=1S/C14H25N5S/c1-3-10-4-6-11(7-5-10)9-16-12-8-13(19-15)18-14(17-12)20-2/h8,10-11H,3-7,9,15H2,1-2H3,(H2,16,17,18,19). The molecule has 1 aromatic rings. The minimum absolute atomic E-state index is 0.654. The maximum atomic E-state index is 5.43. The molecule has 0 aromatic carbocycles. The van der Waals surface area contributed by atoms with Gasteiger partial charge in [0.2, 0.25) is 0 Å². The Hall–Kier alpha value is -1.01. The van der Waals surface area contributed by atoms with Gasteiger partial charge >= 0.3 is 0 Å². The van der Waals surface area contributed by atoms with Crippen LogP contribution in [0.1, 0.15) is 39.0 Å². The number of nitrogens with two attached hydrogens (primary N) is 1. The van der Waals surface area contributed by atoms with Crippen LogP contribution in [0.15, 0.2) is 11.2 Å². The Morgan fingerprint density at radius 3 is 2.45 bits per heavy atom. The summed E-state index contributed by atoms with van der Waals surface area (Å²) >= 11 is 1.52. The van der Waals surface area contributed by atoms with Gasteiger partial charge in [0.1, 0.15) is 11.6 Å². The number of nitrogen functional groups attached to an aromatic ring is 1. The van der Waals surface area contributed by atoms with Crippen molar-refractivity contribution in [1.29, 1.82) is 0 Å². The van der Waals surface area contributed by atoms with Crippen LogP contribution in [-0.2, 0) is 0 Å². The smallest absolute Gasteiger partial charge is 0.191 e. The monoisotopic (exact) mass is 295 g/mol. The lowest BCUT2D eigenvalue weighted by molar-refractivity contribution is 0.278. The summed E-state index contributed by atoms with van der Waals surface area (Å²) in [5, 5.41) is 4.17. The predicted molar refractivity (Wildman–Crippen MR) is 85.9 cm³/mol. The SMILES string of the molecule is CCC1CCC(CNc2cc(NN)nc(SC)n2)CC1. The van der Waals surface area contributed by atoms with E-state index in [0.29, 0.717) is 5.82 Å². The first-order valence-electron chi connectivity index (χ1n) is 7.38. The molecule has 0 bridgehead atoms. The number of hydrazine groups is 1. The van der Waals surface area contributed by atoms with Gasteiger partial charge in [-0.25, -0.2) is 15.8 Å². The van der Waals surface area contributed by atoms with E-state index in [1.165, 1.54) is 43.9 Å². The highest BCUT2D eigenvalue weighted by atomic mass is 32.2. The second kappa shape index (κ2) is 7.69. The van der Waals surface area contributed by atoms with Gasteiger partial charge in [-0.2, -0.15) is 0 Å². The molecule has 0 radical (unpaired) electrons. The third-order valence-electron chi connectivity index (χ3n) is 4.15. The molecule has 1 fully saturated rings. The van der Waals surface area contributed by atoms with Gasteiger partial charge in [0.05, 0.1) is 0 Å². The van der Waals surface area contributed by atoms with Gasteiger partial charge in [-0.05, 0) is 30.9 Å². The van der Waals surface area contributed by atoms with Crippen LogP contribution in [-0.4, -0.2) is 22.8 Å². The van der Waals surface area contributed by atoms with Crippen molar-refractivity contribution < 1.29 is 0 Å². The molecule has 1 saturated carbocycles. The topological polar surface area (TPSA) is 75.9 Å². The summed E-state index contributed by atoms with van der Waals surface area (Å²) < 4.78 is 0. The van der Waals surface area contributed by atoms with Crippen LogP contribution in [0.5, 0.6) is 0 Å². The van der Waals surface area contributed by atoms with Gasteiger partial charge in [0.25, 0.3) is 0 Å². The van der Waals surface area contributed by atoms with Gasteiger partial charge in [-0.15, -0.1) is 0 Å². The molecule has 1 aliphatic carbocycles. The summed E-state index contributed by atoms with van der Waals surface area (Å²) in [5.41, 5.74) is 2.59. The number of thioether (sulfide) groups is 1. The van der Waals surface area contributed by atoms with Crippen molar-refractivity contribution in [3.63, 3.8) is 0 Å². The Kier molecular flexibility index (Phi) is 5.91. The van der Waals surface area contributed by atoms with Gasteiger partial charge in [-0.3, -0.25) is 0 Å². The Bertz CT molecular complexity index is 396. The predicted octanol–water partition coefficient (Wildman–Crippen LogP) is 3.11. The van der Waals surface area contributed by atoms with Crippen LogP contribution in [0.2, 0.25) is 0 Å². The molecule has 0 unspecified atom stereocenters. The fourth-order valence-corrected chi connectivity index (χ4v) is 3.15. The van der Waals surface area contributed by atoms with Crippen molar-refractivity contribution in [3.8, 4) is 0 Å². The summed E-state index contributed by atoms with van der Waals surface area (Å²) in [6, 6.07) is 1.86. The van der Waals surface area contributed by atoms with E-state index in [1.807, 2.05) is 12.3 Å². The third-order valence-corrected chi connectivity index (χ3v) is 4.70. The van der Waals surface area contributed by atoms with Crippen molar-refractivity contribution in [2.75, 3.05) is 23.5 Å². The minimum Gasteiger partial charge on any atom is -0.370 e. The minimum atomic E-state index is 0.654. The van der Waals surface area contributed by atoms with E-state index in [0.717, 1.165) is 29.4 Å². The van der Waals surface area contributed by atoms with E-state index < -0.39 is 0 Å². The first-order valence-corrected chi connectivity index (χ1v) is 8.61. The Morgan fingerprint density at radius 1 is 1.20 bits per heavy atom. The van der Waals surface area contributed by atoms with E-state index in [1.54, 1.807) is 0 Å². The number of anilines is 2. The molecule has 1 aromatic heterocycles. The van der Waals surface area contributed by atoms with Crippen LogP contribution in [0, 0.1) is 11.8 Å². The largest absolute Gasteiger partial charge is 0.370 e. The molecule has 1 heterocycles. The van der Waals surface area contributed by atoms with E-state index in [9.17, 15) is 0 Å². The normalized spacial score (nSPS) is 22.6. The van der Waals surface area contributed by atoms with Crippen LogP contribution in [0.4, 0.5) is 11.6 Å². The molecule has 2 rings (SSSR count). The summed E-state index contributed by atoms with van der Waals surface area (Å²) in [6.45, 7) is 3.29. The molecule has 6 heteroatoms. The van der Waals surface area contributed by atoms with Gasteiger partial charge in [-0.1, -0.05) is 37.9 Å². The number of hydrogen-bond acceptors (Lipinski definition) is 6. The lowest BCUT2D eigenvalue weighted by Gasteiger charge is -2.28. The van der Waals surface area contributed by atoms with Gasteiger partial charge in [0.15, 0.2) is 5.16 Å².